The van der Waals surface area contributed by atoms with Crippen LogP contribution in [0.15, 0.2) is 18.2 Å². The van der Waals surface area contributed by atoms with Crippen LogP contribution in [-0.2, 0) is 14.0 Å². The number of fused-ring (bicyclic) bond motifs is 1. The third-order valence-electron chi connectivity index (χ3n) is 6.84. The van der Waals surface area contributed by atoms with Crippen molar-refractivity contribution in [3.63, 3.8) is 0 Å². The van der Waals surface area contributed by atoms with Crippen molar-refractivity contribution in [2.45, 2.75) is 63.8 Å². The van der Waals surface area contributed by atoms with Crippen molar-refractivity contribution in [3.8, 4) is 0 Å². The van der Waals surface area contributed by atoms with Crippen LogP contribution >= 0.6 is 11.3 Å². The highest BCUT2D eigenvalue weighted by Crippen LogP contribution is 2.41. The number of piperidine rings is 1. The van der Waals surface area contributed by atoms with Gasteiger partial charge in [0.15, 0.2) is 0 Å². The first-order valence-electron chi connectivity index (χ1n) is 10.0. The molecule has 1 aromatic carbocycles. The lowest BCUT2D eigenvalue weighted by Crippen LogP contribution is -2.50. The molecule has 0 radical (unpaired) electrons. The lowest BCUT2D eigenvalue weighted by molar-refractivity contribution is -0.0614. The lowest BCUT2D eigenvalue weighted by Gasteiger charge is -2.43. The molecule has 2 atom stereocenters. The van der Waals surface area contributed by atoms with Crippen LogP contribution in [0.25, 0.3) is 10.2 Å². The second kappa shape index (κ2) is 6.78. The number of likely N-dealkylation sites (tertiary alicyclic amines) is 1. The quantitative estimate of drug-likeness (QED) is 0.737. The van der Waals surface area contributed by atoms with E-state index in [1.54, 1.807) is 11.3 Å². The molecular formula is C21H31BN2O3S. The van der Waals surface area contributed by atoms with E-state index >= 15 is 0 Å². The minimum Gasteiger partial charge on any atom is -0.399 e. The Balaban J connectivity index is 1.64. The van der Waals surface area contributed by atoms with Crippen LogP contribution in [0.4, 0.5) is 0 Å². The Kier molecular flexibility index (Phi) is 4.91. The maximum Gasteiger partial charge on any atom is 0.494 e. The van der Waals surface area contributed by atoms with Crippen LogP contribution in [0.1, 0.15) is 52.0 Å². The average molecular weight is 402 g/mol. The molecule has 2 fully saturated rings. The highest BCUT2D eigenvalue weighted by Gasteiger charge is 2.51. The Hall–Kier alpha value is -0.985. The molecule has 4 rings (SSSR count). The molecule has 28 heavy (non-hydrogen) atoms. The topological polar surface area (TPSA) is 43.8 Å². The van der Waals surface area contributed by atoms with E-state index in [4.69, 9.17) is 19.0 Å². The summed E-state index contributed by atoms with van der Waals surface area (Å²) in [5.74, 6) is 0.311. The van der Waals surface area contributed by atoms with E-state index in [-0.39, 0.29) is 23.9 Å². The van der Waals surface area contributed by atoms with Crippen molar-refractivity contribution in [3.05, 3.63) is 23.2 Å². The second-order valence-corrected chi connectivity index (χ2v) is 10.5. The van der Waals surface area contributed by atoms with E-state index in [1.165, 1.54) is 9.71 Å². The Morgan fingerprint density at radius 2 is 1.86 bits per heavy atom. The van der Waals surface area contributed by atoms with Crippen molar-refractivity contribution in [2.75, 3.05) is 27.2 Å². The SMILES string of the molecule is CO[C@@]1(C)CN(C)CC[C@H]1c1nc2cc(B3OC(C)(C)C(C)(C)O3)ccc2s1. The molecule has 0 amide bonds. The Bertz CT molecular complexity index is 868. The van der Waals surface area contributed by atoms with Crippen molar-refractivity contribution >= 4 is 34.1 Å². The largest absolute Gasteiger partial charge is 0.494 e. The molecule has 2 aliphatic heterocycles. The summed E-state index contributed by atoms with van der Waals surface area (Å²) in [5, 5.41) is 1.17. The van der Waals surface area contributed by atoms with Gasteiger partial charge in [0.1, 0.15) is 0 Å². The molecule has 0 aliphatic carbocycles. The fourth-order valence-electron chi connectivity index (χ4n) is 4.21. The number of hydrogen-bond acceptors (Lipinski definition) is 6. The lowest BCUT2D eigenvalue weighted by atomic mass is 9.79. The summed E-state index contributed by atoms with van der Waals surface area (Å²) in [6, 6.07) is 6.38. The molecule has 0 saturated carbocycles. The molecule has 0 spiro atoms. The summed E-state index contributed by atoms with van der Waals surface area (Å²) >= 11 is 1.78. The van der Waals surface area contributed by atoms with Crippen molar-refractivity contribution in [2.24, 2.45) is 0 Å². The minimum absolute atomic E-state index is 0.213. The van der Waals surface area contributed by atoms with E-state index in [1.807, 2.05) is 7.11 Å². The second-order valence-electron chi connectivity index (χ2n) is 9.46. The summed E-state index contributed by atoms with van der Waals surface area (Å²) in [4.78, 5) is 7.36. The van der Waals surface area contributed by atoms with Gasteiger partial charge in [-0.1, -0.05) is 6.07 Å². The van der Waals surface area contributed by atoms with Crippen LogP contribution in [0, 0.1) is 0 Å². The van der Waals surface area contributed by atoms with Gasteiger partial charge in [-0.25, -0.2) is 4.98 Å². The molecule has 0 N–H and O–H groups in total. The van der Waals surface area contributed by atoms with Crippen LogP contribution in [0.2, 0.25) is 0 Å². The van der Waals surface area contributed by atoms with E-state index < -0.39 is 0 Å². The Labute approximate surface area is 172 Å². The molecule has 7 heteroatoms. The summed E-state index contributed by atoms with van der Waals surface area (Å²) < 4.78 is 19.6. The van der Waals surface area contributed by atoms with Gasteiger partial charge in [0.2, 0.25) is 0 Å². The van der Waals surface area contributed by atoms with Gasteiger partial charge in [0.25, 0.3) is 0 Å². The predicted octanol–water partition coefficient (Wildman–Crippen LogP) is 3.42. The highest BCUT2D eigenvalue weighted by atomic mass is 32.1. The standard InChI is InChI=1S/C21H31BN2O3S/c1-19(2)20(3,4)27-22(26-19)14-8-9-17-16(12-14)23-18(28-17)15-10-11-24(6)13-21(15,5)25-7/h8-9,12,15H,10-11,13H2,1-7H3/t15-,21-/m0/s1. The number of aromatic nitrogens is 1. The van der Waals surface area contributed by atoms with Crippen LogP contribution in [0.3, 0.4) is 0 Å². The number of methoxy groups -OCH3 is 1. The van der Waals surface area contributed by atoms with Crippen LogP contribution < -0.4 is 5.46 Å². The molecule has 3 heterocycles. The number of ether oxygens (including phenoxy) is 1. The molecule has 2 aromatic rings. The smallest absolute Gasteiger partial charge is 0.399 e. The van der Waals surface area contributed by atoms with Crippen molar-refractivity contribution in [1.82, 2.24) is 9.88 Å². The van der Waals surface area contributed by atoms with Gasteiger partial charge >= 0.3 is 7.12 Å². The monoisotopic (exact) mass is 402 g/mol. The molecule has 1 aromatic heterocycles. The maximum atomic E-state index is 6.21. The Morgan fingerprint density at radius 1 is 1.18 bits per heavy atom. The maximum absolute atomic E-state index is 6.21. The third-order valence-corrected chi connectivity index (χ3v) is 7.99. The summed E-state index contributed by atoms with van der Waals surface area (Å²) in [7, 11) is 3.62. The van der Waals surface area contributed by atoms with Crippen LogP contribution in [0.5, 0.6) is 0 Å². The fraction of sp³-hybridized carbons (Fsp3) is 0.667. The van der Waals surface area contributed by atoms with Crippen LogP contribution in [-0.4, -0.2) is 61.1 Å². The van der Waals surface area contributed by atoms with E-state index in [0.717, 1.165) is 30.5 Å². The van der Waals surface area contributed by atoms with Gasteiger partial charge in [-0.2, -0.15) is 0 Å². The molecule has 0 bridgehead atoms. The molecule has 2 aliphatic rings. The number of benzene rings is 1. The zero-order chi connectivity index (χ0) is 20.3. The number of hydrogen-bond donors (Lipinski definition) is 0. The first-order chi connectivity index (χ1) is 13.0. The van der Waals surface area contributed by atoms with Crippen molar-refractivity contribution < 1.29 is 14.0 Å². The summed E-state index contributed by atoms with van der Waals surface area (Å²) in [6.07, 6.45) is 1.06. The molecular weight excluding hydrogens is 371 g/mol. The van der Waals surface area contributed by atoms with E-state index in [2.05, 4.69) is 64.8 Å². The van der Waals surface area contributed by atoms with E-state index in [0.29, 0.717) is 5.92 Å². The highest BCUT2D eigenvalue weighted by molar-refractivity contribution is 7.18. The predicted molar refractivity (Wildman–Crippen MR) is 116 cm³/mol. The molecule has 5 nitrogen and oxygen atoms in total. The zero-order valence-electron chi connectivity index (χ0n) is 18.0. The van der Waals surface area contributed by atoms with Gasteiger partial charge in [-0.3, -0.25) is 0 Å². The van der Waals surface area contributed by atoms with Gasteiger partial charge in [0, 0.05) is 19.6 Å². The third kappa shape index (κ3) is 3.31. The Morgan fingerprint density at radius 3 is 2.50 bits per heavy atom. The van der Waals surface area contributed by atoms with Gasteiger partial charge in [-0.15, -0.1) is 11.3 Å². The number of rotatable bonds is 3. The number of nitrogens with zero attached hydrogens (tertiary/aromatic N) is 2. The molecule has 2 saturated heterocycles. The summed E-state index contributed by atoms with van der Waals surface area (Å²) in [5.41, 5.74) is 1.16. The first kappa shape index (κ1) is 20.3. The fourth-order valence-corrected chi connectivity index (χ4v) is 5.43. The van der Waals surface area contributed by atoms with E-state index in [9.17, 15) is 0 Å². The minimum atomic E-state index is -0.355. The first-order valence-corrected chi connectivity index (χ1v) is 10.9. The zero-order valence-corrected chi connectivity index (χ0v) is 18.9. The van der Waals surface area contributed by atoms with Gasteiger partial charge < -0.3 is 18.9 Å². The van der Waals surface area contributed by atoms with Gasteiger partial charge in [0.05, 0.1) is 32.0 Å². The molecule has 0 unspecified atom stereocenters. The van der Waals surface area contributed by atoms with Gasteiger partial charge in [-0.05, 0) is 72.2 Å². The molecule has 152 valence electrons. The van der Waals surface area contributed by atoms with Crippen molar-refractivity contribution in [1.29, 1.82) is 0 Å². The number of likely N-dealkylation sites (N-methyl/N-ethyl adjacent to an activating group) is 1. The average Bonchev–Trinajstić information content (AvgIpc) is 3.11. The normalized spacial score (nSPS) is 30.2. The number of thiazole rings is 1. The summed E-state index contributed by atoms with van der Waals surface area (Å²) in [6.45, 7) is 12.5.